The van der Waals surface area contributed by atoms with Crippen LogP contribution in [0.2, 0.25) is 0 Å². The van der Waals surface area contributed by atoms with Gasteiger partial charge in [0.15, 0.2) is 5.65 Å². The summed E-state index contributed by atoms with van der Waals surface area (Å²) in [5.41, 5.74) is 9.94. The SMILES string of the molecule is CN/C=C\C(=N)Cc1nc2c(s1)c1cnn(C/C(N)=C/NN)c(=O)c1n2C. The second-order valence-corrected chi connectivity index (χ2v) is 6.98. The van der Waals surface area contributed by atoms with Gasteiger partial charge in [0.2, 0.25) is 0 Å². The zero-order chi connectivity index (χ0) is 19.6. The average molecular weight is 387 g/mol. The van der Waals surface area contributed by atoms with Gasteiger partial charge in [-0.25, -0.2) is 9.67 Å². The van der Waals surface area contributed by atoms with E-state index in [0.29, 0.717) is 29.0 Å². The molecule has 0 aliphatic carbocycles. The zero-order valence-electron chi connectivity index (χ0n) is 15.0. The third kappa shape index (κ3) is 3.55. The van der Waals surface area contributed by atoms with Gasteiger partial charge >= 0.3 is 0 Å². The molecule has 0 amide bonds. The van der Waals surface area contributed by atoms with E-state index < -0.39 is 0 Å². The maximum atomic E-state index is 12.8. The number of hydrogen-bond acceptors (Lipinski definition) is 9. The van der Waals surface area contributed by atoms with E-state index in [-0.39, 0.29) is 12.1 Å². The quantitative estimate of drug-likeness (QED) is 0.216. The molecular weight excluding hydrogens is 366 g/mol. The van der Waals surface area contributed by atoms with E-state index in [1.165, 1.54) is 22.2 Å². The molecule has 7 N–H and O–H groups in total. The molecule has 3 rings (SSSR count). The maximum Gasteiger partial charge on any atom is 0.291 e. The minimum atomic E-state index is -0.250. The lowest BCUT2D eigenvalue weighted by molar-refractivity contribution is 0.628. The number of aromatic nitrogens is 4. The Balaban J connectivity index is 2.02. The Labute approximate surface area is 158 Å². The second-order valence-electron chi connectivity index (χ2n) is 5.90. The molecule has 0 bridgehead atoms. The van der Waals surface area contributed by atoms with Crippen molar-refractivity contribution in [1.29, 1.82) is 5.41 Å². The Bertz CT molecular complexity index is 1120. The van der Waals surface area contributed by atoms with Gasteiger partial charge in [-0.3, -0.25) is 10.6 Å². The Morgan fingerprint density at radius 1 is 1.48 bits per heavy atom. The summed E-state index contributed by atoms with van der Waals surface area (Å²) < 4.78 is 3.94. The molecule has 0 fully saturated rings. The minimum absolute atomic E-state index is 0.130. The van der Waals surface area contributed by atoms with E-state index in [1.54, 1.807) is 37.1 Å². The van der Waals surface area contributed by atoms with Gasteiger partial charge in [-0.2, -0.15) is 5.10 Å². The van der Waals surface area contributed by atoms with E-state index in [1.807, 2.05) is 0 Å². The Morgan fingerprint density at radius 3 is 2.96 bits per heavy atom. The summed E-state index contributed by atoms with van der Waals surface area (Å²) >= 11 is 1.47. The van der Waals surface area contributed by atoms with Crippen LogP contribution in [0.4, 0.5) is 0 Å². The monoisotopic (exact) mass is 387 g/mol. The molecule has 0 saturated heterocycles. The lowest BCUT2D eigenvalue weighted by atomic mass is 10.3. The highest BCUT2D eigenvalue weighted by atomic mass is 32.1. The molecule has 0 atom stereocenters. The number of fused-ring (bicyclic) bond motifs is 3. The standard InChI is InChI=1S/C16H21N9OS/c1-20-4-3-9(17)5-12-23-15-14(27-12)11-7-22-25(8-10(18)6-21-19)16(26)13(11)24(15)2/h3-4,6-7,17,20-21H,5,8,18-19H2,1-2H3/b4-3-,10-6-,17-9?. The number of rotatable bonds is 7. The molecule has 0 spiro atoms. The van der Waals surface area contributed by atoms with Crippen LogP contribution in [0, 0.1) is 5.41 Å². The normalized spacial score (nSPS) is 12.3. The predicted molar refractivity (Wildman–Crippen MR) is 107 cm³/mol. The van der Waals surface area contributed by atoms with Crippen molar-refractivity contribution in [2.45, 2.75) is 13.0 Å². The maximum absolute atomic E-state index is 12.8. The number of hydrazine groups is 1. The molecular formula is C16H21N9OS. The van der Waals surface area contributed by atoms with E-state index in [0.717, 1.165) is 15.1 Å². The fraction of sp³-hybridized carbons (Fsp3) is 0.250. The predicted octanol–water partition coefficient (Wildman–Crippen LogP) is -0.0965. The number of hydrogen-bond donors (Lipinski definition) is 5. The smallest absolute Gasteiger partial charge is 0.291 e. The number of thiazole rings is 1. The molecule has 3 aromatic heterocycles. The van der Waals surface area contributed by atoms with Crippen molar-refractivity contribution in [3.05, 3.63) is 45.7 Å². The molecule has 0 unspecified atom stereocenters. The number of allylic oxidation sites excluding steroid dienone is 2. The summed E-state index contributed by atoms with van der Waals surface area (Å²) in [7, 11) is 3.58. The molecule has 0 saturated carbocycles. The van der Waals surface area contributed by atoms with Crippen molar-refractivity contribution in [3.63, 3.8) is 0 Å². The second kappa shape index (κ2) is 7.60. The average Bonchev–Trinajstić information content (AvgIpc) is 3.14. The van der Waals surface area contributed by atoms with Crippen molar-refractivity contribution in [1.82, 2.24) is 30.1 Å². The third-order valence-electron chi connectivity index (χ3n) is 3.96. The van der Waals surface area contributed by atoms with E-state index in [4.69, 9.17) is 17.0 Å². The van der Waals surface area contributed by atoms with Crippen molar-refractivity contribution in [2.75, 3.05) is 7.05 Å². The van der Waals surface area contributed by atoms with Crippen LogP contribution in [0.1, 0.15) is 5.01 Å². The van der Waals surface area contributed by atoms with Gasteiger partial charge in [-0.15, -0.1) is 11.3 Å². The van der Waals surface area contributed by atoms with Crippen molar-refractivity contribution in [3.8, 4) is 0 Å². The van der Waals surface area contributed by atoms with Gasteiger partial charge in [-0.05, 0) is 12.3 Å². The summed E-state index contributed by atoms with van der Waals surface area (Å²) in [4.78, 5) is 17.4. The molecule has 142 valence electrons. The van der Waals surface area contributed by atoms with Crippen LogP contribution < -0.4 is 27.9 Å². The molecule has 10 nitrogen and oxygen atoms in total. The molecule has 0 aromatic carbocycles. The van der Waals surface area contributed by atoms with Gasteiger partial charge in [0, 0.05) is 43.5 Å². The van der Waals surface area contributed by atoms with Gasteiger partial charge < -0.3 is 26.5 Å². The number of aryl methyl sites for hydroxylation is 1. The van der Waals surface area contributed by atoms with Crippen LogP contribution >= 0.6 is 11.3 Å². The van der Waals surface area contributed by atoms with Crippen molar-refractivity contribution >= 4 is 38.3 Å². The molecule has 27 heavy (non-hydrogen) atoms. The molecule has 11 heteroatoms. The number of nitrogens with zero attached hydrogens (tertiary/aromatic N) is 4. The highest BCUT2D eigenvalue weighted by Gasteiger charge is 2.18. The first-order valence-corrected chi connectivity index (χ1v) is 8.93. The number of nitrogens with two attached hydrogens (primary N) is 2. The molecule has 3 aromatic rings. The first-order chi connectivity index (χ1) is 13.0. The van der Waals surface area contributed by atoms with Crippen LogP contribution in [0.3, 0.4) is 0 Å². The highest BCUT2D eigenvalue weighted by Crippen LogP contribution is 2.31. The third-order valence-corrected chi connectivity index (χ3v) is 5.04. The topological polar surface area (TPSA) is 153 Å². The zero-order valence-corrected chi connectivity index (χ0v) is 15.8. The van der Waals surface area contributed by atoms with Crippen LogP contribution in [0.25, 0.3) is 21.3 Å². The fourth-order valence-corrected chi connectivity index (χ4v) is 3.88. The summed E-state index contributed by atoms with van der Waals surface area (Å²) in [6, 6.07) is 0. The first-order valence-electron chi connectivity index (χ1n) is 8.12. The minimum Gasteiger partial charge on any atom is -0.399 e. The summed E-state index contributed by atoms with van der Waals surface area (Å²) in [5.74, 6) is 5.20. The van der Waals surface area contributed by atoms with Crippen molar-refractivity contribution < 1.29 is 0 Å². The molecule has 0 aliphatic heterocycles. The van der Waals surface area contributed by atoms with E-state index in [9.17, 15) is 4.79 Å². The highest BCUT2D eigenvalue weighted by molar-refractivity contribution is 7.19. The fourth-order valence-electron chi connectivity index (χ4n) is 2.75. The van der Waals surface area contributed by atoms with Gasteiger partial charge in [0.05, 0.1) is 17.4 Å². The lowest BCUT2D eigenvalue weighted by Gasteiger charge is -2.05. The molecule has 0 radical (unpaired) electrons. The Morgan fingerprint density at radius 2 is 2.26 bits per heavy atom. The van der Waals surface area contributed by atoms with Crippen LogP contribution in [-0.2, 0) is 20.0 Å². The van der Waals surface area contributed by atoms with Gasteiger partial charge in [0.1, 0.15) is 10.5 Å². The molecule has 3 heterocycles. The lowest BCUT2D eigenvalue weighted by Crippen LogP contribution is -2.27. The van der Waals surface area contributed by atoms with Crippen LogP contribution in [0.15, 0.2) is 35.2 Å². The Kier molecular flexibility index (Phi) is 5.23. The largest absolute Gasteiger partial charge is 0.399 e. The van der Waals surface area contributed by atoms with Gasteiger partial charge in [0.25, 0.3) is 5.56 Å². The van der Waals surface area contributed by atoms with Crippen LogP contribution in [0.5, 0.6) is 0 Å². The van der Waals surface area contributed by atoms with Crippen molar-refractivity contribution in [2.24, 2.45) is 18.6 Å². The van der Waals surface area contributed by atoms with E-state index >= 15 is 0 Å². The molecule has 0 aliphatic rings. The summed E-state index contributed by atoms with van der Waals surface area (Å²) in [6.45, 7) is 0.130. The summed E-state index contributed by atoms with van der Waals surface area (Å²) in [6.07, 6.45) is 6.89. The Hall–Kier alpha value is -3.18. The van der Waals surface area contributed by atoms with Crippen LogP contribution in [-0.4, -0.2) is 32.1 Å². The van der Waals surface area contributed by atoms with Gasteiger partial charge in [-0.1, -0.05) is 0 Å². The first kappa shape index (κ1) is 18.6. The summed E-state index contributed by atoms with van der Waals surface area (Å²) in [5, 5.41) is 16.6. The number of nitrogens with one attached hydrogen (secondary N) is 3. The van der Waals surface area contributed by atoms with E-state index in [2.05, 4.69) is 20.8 Å².